The van der Waals surface area contributed by atoms with Gasteiger partial charge in [-0.1, -0.05) is 27.7 Å². The average molecular weight is 283 g/mol. The van der Waals surface area contributed by atoms with Gasteiger partial charge in [0, 0.05) is 25.3 Å². The topological polar surface area (TPSA) is 88.2 Å². The molecule has 0 fully saturated rings. The van der Waals surface area contributed by atoms with Gasteiger partial charge in [-0.15, -0.1) is 10.2 Å². The van der Waals surface area contributed by atoms with E-state index in [1.165, 1.54) is 0 Å². The highest BCUT2D eigenvalue weighted by Gasteiger charge is 2.25. The van der Waals surface area contributed by atoms with Gasteiger partial charge in [0.05, 0.1) is 5.60 Å². The minimum absolute atomic E-state index is 0.0762. The molecule has 114 valence electrons. The lowest BCUT2D eigenvalue weighted by atomic mass is 9.92. The Bertz CT molecular complexity index is 439. The first-order valence-corrected chi connectivity index (χ1v) is 7.03. The van der Waals surface area contributed by atoms with Crippen molar-refractivity contribution in [3.05, 3.63) is 11.8 Å². The van der Waals surface area contributed by atoms with E-state index in [2.05, 4.69) is 15.5 Å². The maximum absolute atomic E-state index is 11.7. The number of carbonyl (C=O) groups excluding carboxylic acids is 1. The molecule has 0 aliphatic carbocycles. The summed E-state index contributed by atoms with van der Waals surface area (Å²) in [6.07, 6.45) is 0.684. The van der Waals surface area contributed by atoms with Crippen LogP contribution in [0.4, 0.5) is 0 Å². The Morgan fingerprint density at radius 1 is 1.35 bits per heavy atom. The van der Waals surface area contributed by atoms with Crippen molar-refractivity contribution in [2.45, 2.75) is 59.0 Å². The Labute approximate surface area is 120 Å². The first-order valence-electron chi connectivity index (χ1n) is 7.03. The first-order chi connectivity index (χ1) is 9.22. The summed E-state index contributed by atoms with van der Waals surface area (Å²) in [6.45, 7) is 9.72. The zero-order chi connectivity index (χ0) is 15.3. The second-order valence-corrected chi connectivity index (χ2v) is 5.98. The summed E-state index contributed by atoms with van der Waals surface area (Å²) in [5, 5.41) is 20.6. The monoisotopic (exact) mass is 283 g/mol. The molecule has 6 heteroatoms. The predicted octanol–water partition coefficient (Wildman–Crippen LogP) is 1.65. The Hall–Kier alpha value is -1.43. The van der Waals surface area contributed by atoms with Gasteiger partial charge < -0.3 is 14.8 Å². The van der Waals surface area contributed by atoms with Gasteiger partial charge in [0.2, 0.25) is 17.7 Å². The van der Waals surface area contributed by atoms with Gasteiger partial charge in [0.25, 0.3) is 0 Å². The van der Waals surface area contributed by atoms with Crippen LogP contribution in [0.2, 0.25) is 0 Å². The van der Waals surface area contributed by atoms with Crippen LogP contribution in [0.25, 0.3) is 0 Å². The SMILES string of the molecule is CC(C)c1nnc(CCC(=O)NCC(C)(O)C(C)C)o1. The zero-order valence-electron chi connectivity index (χ0n) is 12.9. The van der Waals surface area contributed by atoms with E-state index in [4.69, 9.17) is 4.42 Å². The highest BCUT2D eigenvalue weighted by atomic mass is 16.4. The van der Waals surface area contributed by atoms with Crippen molar-refractivity contribution in [3.63, 3.8) is 0 Å². The van der Waals surface area contributed by atoms with Crippen molar-refractivity contribution in [2.75, 3.05) is 6.54 Å². The summed E-state index contributed by atoms with van der Waals surface area (Å²) in [5.41, 5.74) is -0.898. The number of carbonyl (C=O) groups is 1. The third-order valence-corrected chi connectivity index (χ3v) is 3.43. The van der Waals surface area contributed by atoms with Crippen molar-refractivity contribution < 1.29 is 14.3 Å². The molecule has 0 saturated carbocycles. The van der Waals surface area contributed by atoms with E-state index in [9.17, 15) is 9.90 Å². The second-order valence-electron chi connectivity index (χ2n) is 5.98. The molecule has 0 saturated heterocycles. The van der Waals surface area contributed by atoms with Gasteiger partial charge in [0.15, 0.2) is 0 Å². The summed E-state index contributed by atoms with van der Waals surface area (Å²) in [6, 6.07) is 0. The molecule has 20 heavy (non-hydrogen) atoms. The van der Waals surface area contributed by atoms with Gasteiger partial charge in [0.1, 0.15) is 0 Å². The van der Waals surface area contributed by atoms with Crippen LogP contribution in [0.3, 0.4) is 0 Å². The number of amides is 1. The maximum Gasteiger partial charge on any atom is 0.220 e. The van der Waals surface area contributed by atoms with Crippen molar-refractivity contribution in [1.29, 1.82) is 0 Å². The molecule has 0 aliphatic heterocycles. The van der Waals surface area contributed by atoms with Crippen molar-refractivity contribution in [2.24, 2.45) is 5.92 Å². The predicted molar refractivity (Wildman–Crippen MR) is 75.2 cm³/mol. The van der Waals surface area contributed by atoms with Gasteiger partial charge in [-0.3, -0.25) is 4.79 Å². The number of aliphatic hydroxyl groups is 1. The van der Waals surface area contributed by atoms with Crippen LogP contribution in [0.1, 0.15) is 58.7 Å². The lowest BCUT2D eigenvalue weighted by Gasteiger charge is -2.27. The molecule has 6 nitrogen and oxygen atoms in total. The van der Waals surface area contributed by atoms with E-state index in [1.54, 1.807) is 6.92 Å². The number of hydrogen-bond donors (Lipinski definition) is 2. The third kappa shape index (κ3) is 4.92. The van der Waals surface area contributed by atoms with E-state index in [1.807, 2.05) is 27.7 Å². The number of nitrogens with zero attached hydrogens (tertiary/aromatic N) is 2. The molecule has 0 radical (unpaired) electrons. The number of nitrogens with one attached hydrogen (secondary N) is 1. The molecule has 1 amide bonds. The number of aromatic nitrogens is 2. The van der Waals surface area contributed by atoms with Crippen molar-refractivity contribution in [1.82, 2.24) is 15.5 Å². The Morgan fingerprint density at radius 2 is 2.00 bits per heavy atom. The lowest BCUT2D eigenvalue weighted by molar-refractivity contribution is -0.122. The molecule has 1 atom stereocenters. The molecule has 0 bridgehead atoms. The van der Waals surface area contributed by atoms with Gasteiger partial charge in [-0.05, 0) is 12.8 Å². The Kier molecular flexibility index (Phi) is 5.68. The highest BCUT2D eigenvalue weighted by Crippen LogP contribution is 2.15. The fraction of sp³-hybridized carbons (Fsp3) is 0.786. The van der Waals surface area contributed by atoms with Crippen LogP contribution in [-0.2, 0) is 11.2 Å². The van der Waals surface area contributed by atoms with E-state index in [0.717, 1.165) is 0 Å². The van der Waals surface area contributed by atoms with Crippen LogP contribution < -0.4 is 5.32 Å². The first kappa shape index (κ1) is 16.6. The van der Waals surface area contributed by atoms with Gasteiger partial charge >= 0.3 is 0 Å². The molecule has 1 aromatic rings. The molecular weight excluding hydrogens is 258 g/mol. The zero-order valence-corrected chi connectivity index (χ0v) is 12.9. The number of aryl methyl sites for hydroxylation is 1. The van der Waals surface area contributed by atoms with E-state index in [-0.39, 0.29) is 30.7 Å². The lowest BCUT2D eigenvalue weighted by Crippen LogP contribution is -2.44. The highest BCUT2D eigenvalue weighted by molar-refractivity contribution is 5.76. The normalized spacial score (nSPS) is 14.6. The van der Waals surface area contributed by atoms with Crippen LogP contribution in [0.15, 0.2) is 4.42 Å². The molecule has 1 unspecified atom stereocenters. The summed E-state index contributed by atoms with van der Waals surface area (Å²) < 4.78 is 5.43. The quantitative estimate of drug-likeness (QED) is 0.794. The summed E-state index contributed by atoms with van der Waals surface area (Å²) in [7, 11) is 0. The molecule has 0 aromatic carbocycles. The maximum atomic E-state index is 11.7. The second kappa shape index (κ2) is 6.83. The van der Waals surface area contributed by atoms with E-state index >= 15 is 0 Å². The van der Waals surface area contributed by atoms with Crippen LogP contribution in [-0.4, -0.2) is 33.4 Å². The van der Waals surface area contributed by atoms with E-state index in [0.29, 0.717) is 18.2 Å². The molecule has 1 heterocycles. The van der Waals surface area contributed by atoms with Gasteiger partial charge in [-0.2, -0.15) is 0 Å². The third-order valence-electron chi connectivity index (χ3n) is 3.43. The Morgan fingerprint density at radius 3 is 2.50 bits per heavy atom. The summed E-state index contributed by atoms with van der Waals surface area (Å²) in [4.78, 5) is 11.7. The average Bonchev–Trinajstić information content (AvgIpc) is 2.82. The molecule has 1 rings (SSSR count). The summed E-state index contributed by atoms with van der Waals surface area (Å²) >= 11 is 0. The van der Waals surface area contributed by atoms with Crippen molar-refractivity contribution >= 4 is 5.91 Å². The van der Waals surface area contributed by atoms with E-state index < -0.39 is 5.60 Å². The fourth-order valence-corrected chi connectivity index (χ4v) is 1.39. The fourth-order valence-electron chi connectivity index (χ4n) is 1.39. The standard InChI is InChI=1S/C14H25N3O3/c1-9(2)13-17-16-12(20-13)7-6-11(18)15-8-14(5,19)10(3)4/h9-10,19H,6-8H2,1-5H3,(H,15,18). The molecule has 0 spiro atoms. The smallest absolute Gasteiger partial charge is 0.220 e. The van der Waals surface area contributed by atoms with Crippen LogP contribution in [0.5, 0.6) is 0 Å². The van der Waals surface area contributed by atoms with Crippen molar-refractivity contribution in [3.8, 4) is 0 Å². The summed E-state index contributed by atoms with van der Waals surface area (Å²) in [5.74, 6) is 1.19. The minimum Gasteiger partial charge on any atom is -0.425 e. The molecular formula is C14H25N3O3. The number of rotatable bonds is 7. The van der Waals surface area contributed by atoms with Gasteiger partial charge in [-0.25, -0.2) is 0 Å². The molecule has 1 aromatic heterocycles. The van der Waals surface area contributed by atoms with Crippen LogP contribution in [0, 0.1) is 5.92 Å². The minimum atomic E-state index is -0.898. The molecule has 0 aliphatic rings. The number of hydrogen-bond acceptors (Lipinski definition) is 5. The van der Waals surface area contributed by atoms with Crippen LogP contribution >= 0.6 is 0 Å². The Balaban J connectivity index is 2.36. The molecule has 2 N–H and O–H groups in total. The largest absolute Gasteiger partial charge is 0.425 e.